The van der Waals surface area contributed by atoms with Crippen LogP contribution in [-0.2, 0) is 10.8 Å². The maximum Gasteiger partial charge on any atom is 0.136 e. The smallest absolute Gasteiger partial charge is 0.136 e. The van der Waals surface area contributed by atoms with E-state index in [4.69, 9.17) is 9.97 Å². The Morgan fingerprint density at radius 3 is 2.24 bits per heavy atom. The largest absolute Gasteiger partial charge is 0.392 e. The van der Waals surface area contributed by atoms with Crippen LogP contribution in [0.1, 0.15) is 66.9 Å². The van der Waals surface area contributed by atoms with Gasteiger partial charge in [-0.1, -0.05) is 41.5 Å². The quantitative estimate of drug-likeness (QED) is 0.910. The molecule has 1 aliphatic rings. The lowest BCUT2D eigenvalue weighted by atomic mass is 9.90. The number of nitrogens with zero attached hydrogens (tertiary/aromatic N) is 4. The molecule has 5 heteroatoms. The van der Waals surface area contributed by atoms with Crippen molar-refractivity contribution in [3.63, 3.8) is 0 Å². The van der Waals surface area contributed by atoms with E-state index in [1.807, 2.05) is 6.92 Å². The van der Waals surface area contributed by atoms with Crippen molar-refractivity contribution in [1.29, 1.82) is 0 Å². The normalized spacial score (nSPS) is 21.5. The Balaban J connectivity index is 2.32. The van der Waals surface area contributed by atoms with E-state index in [2.05, 4.69) is 64.3 Å². The molecule has 142 valence electrons. The van der Waals surface area contributed by atoms with Gasteiger partial charge in [-0.15, -0.1) is 0 Å². The van der Waals surface area contributed by atoms with E-state index < -0.39 is 0 Å². The summed E-state index contributed by atoms with van der Waals surface area (Å²) in [5.74, 6) is 1.95. The first-order chi connectivity index (χ1) is 11.4. The molecule has 0 saturated carbocycles. The third kappa shape index (κ3) is 5.14. The van der Waals surface area contributed by atoms with Gasteiger partial charge < -0.3 is 10.0 Å². The van der Waals surface area contributed by atoms with E-state index >= 15 is 0 Å². The molecule has 1 aromatic rings. The van der Waals surface area contributed by atoms with Crippen LogP contribution in [0.3, 0.4) is 0 Å². The third-order valence-electron chi connectivity index (χ3n) is 4.68. The van der Waals surface area contributed by atoms with E-state index in [0.29, 0.717) is 6.04 Å². The van der Waals surface area contributed by atoms with E-state index in [0.717, 1.165) is 43.5 Å². The second-order valence-corrected chi connectivity index (χ2v) is 9.59. The van der Waals surface area contributed by atoms with Crippen molar-refractivity contribution in [2.75, 3.05) is 31.1 Å². The fraction of sp³-hybridized carbons (Fsp3) is 0.800. The van der Waals surface area contributed by atoms with Crippen LogP contribution in [0.25, 0.3) is 0 Å². The summed E-state index contributed by atoms with van der Waals surface area (Å²) in [6, 6.07) is 2.53. The predicted molar refractivity (Wildman–Crippen MR) is 104 cm³/mol. The maximum atomic E-state index is 9.65. The molecule has 0 aliphatic carbocycles. The van der Waals surface area contributed by atoms with Gasteiger partial charge in [-0.05, 0) is 13.8 Å². The second-order valence-electron chi connectivity index (χ2n) is 9.59. The van der Waals surface area contributed by atoms with Crippen molar-refractivity contribution in [1.82, 2.24) is 14.9 Å². The average molecular weight is 349 g/mol. The van der Waals surface area contributed by atoms with E-state index in [1.165, 1.54) is 0 Å². The Morgan fingerprint density at radius 2 is 1.76 bits per heavy atom. The number of rotatable bonds is 3. The first kappa shape index (κ1) is 20.1. The molecule has 0 aromatic carbocycles. The van der Waals surface area contributed by atoms with Gasteiger partial charge in [0.1, 0.15) is 11.6 Å². The fourth-order valence-electron chi connectivity index (χ4n) is 3.21. The maximum absolute atomic E-state index is 9.65. The lowest BCUT2D eigenvalue weighted by Crippen LogP contribution is -2.53. The van der Waals surface area contributed by atoms with Crippen LogP contribution >= 0.6 is 0 Å². The first-order valence-electron chi connectivity index (χ1n) is 9.45. The molecule has 2 unspecified atom stereocenters. The number of β-amino-alcohol motifs (C(OH)–C–C–N with tert-alkyl or cyclic N) is 1. The number of aliphatic hydroxyl groups excluding tert-OH is 1. The predicted octanol–water partition coefficient (Wildman–Crippen LogP) is 2.96. The fourth-order valence-corrected chi connectivity index (χ4v) is 3.21. The first-order valence-corrected chi connectivity index (χ1v) is 9.45. The molecule has 1 saturated heterocycles. The summed E-state index contributed by atoms with van der Waals surface area (Å²) in [7, 11) is 0. The van der Waals surface area contributed by atoms with E-state index in [9.17, 15) is 5.11 Å². The van der Waals surface area contributed by atoms with Crippen LogP contribution in [0.4, 0.5) is 5.82 Å². The standard InChI is InChI=1S/C20H36N4O/c1-14-12-23(13-15(2)25)9-10-24(14)17-11-16(19(3,4)5)21-18(22-17)20(6,7)8/h11,14-15,25H,9-10,12-13H2,1-8H3. The Kier molecular flexibility index (Phi) is 5.79. The van der Waals surface area contributed by atoms with Crippen LogP contribution in [0.5, 0.6) is 0 Å². The number of aromatic nitrogens is 2. The zero-order valence-corrected chi connectivity index (χ0v) is 17.3. The average Bonchev–Trinajstić information content (AvgIpc) is 2.44. The molecule has 1 N–H and O–H groups in total. The molecule has 0 spiro atoms. The zero-order valence-electron chi connectivity index (χ0n) is 17.3. The van der Waals surface area contributed by atoms with Gasteiger partial charge in [-0.3, -0.25) is 4.90 Å². The Bertz CT molecular complexity index is 554. The molecule has 1 aromatic heterocycles. The number of anilines is 1. The molecule has 0 bridgehead atoms. The van der Waals surface area contributed by atoms with Crippen LogP contribution in [0.15, 0.2) is 6.07 Å². The summed E-state index contributed by atoms with van der Waals surface area (Å²) in [5, 5.41) is 9.65. The molecule has 2 heterocycles. The highest BCUT2D eigenvalue weighted by atomic mass is 16.3. The van der Waals surface area contributed by atoms with Gasteiger partial charge in [0.15, 0.2) is 0 Å². The Labute approximate surface area is 153 Å². The van der Waals surface area contributed by atoms with Gasteiger partial charge in [0.25, 0.3) is 0 Å². The summed E-state index contributed by atoms with van der Waals surface area (Å²) in [4.78, 5) is 14.5. The van der Waals surface area contributed by atoms with Gasteiger partial charge in [-0.2, -0.15) is 0 Å². The van der Waals surface area contributed by atoms with Crippen LogP contribution in [0, 0.1) is 0 Å². The van der Waals surface area contributed by atoms with Crippen LogP contribution < -0.4 is 4.90 Å². The topological polar surface area (TPSA) is 52.5 Å². The van der Waals surface area contributed by atoms with Gasteiger partial charge in [-0.25, -0.2) is 9.97 Å². The van der Waals surface area contributed by atoms with Crippen molar-refractivity contribution < 1.29 is 5.11 Å². The zero-order chi connectivity index (χ0) is 19.0. The van der Waals surface area contributed by atoms with Crippen LogP contribution in [0.2, 0.25) is 0 Å². The molecule has 2 atom stereocenters. The molecule has 1 aliphatic heterocycles. The highest BCUT2D eigenvalue weighted by Crippen LogP contribution is 2.29. The molecule has 2 rings (SSSR count). The van der Waals surface area contributed by atoms with Crippen molar-refractivity contribution in [2.24, 2.45) is 0 Å². The van der Waals surface area contributed by atoms with Crippen molar-refractivity contribution in [2.45, 2.75) is 78.4 Å². The highest BCUT2D eigenvalue weighted by Gasteiger charge is 2.29. The van der Waals surface area contributed by atoms with Crippen molar-refractivity contribution >= 4 is 5.82 Å². The minimum Gasteiger partial charge on any atom is -0.392 e. The van der Waals surface area contributed by atoms with E-state index in [-0.39, 0.29) is 16.9 Å². The van der Waals surface area contributed by atoms with Gasteiger partial charge in [0.05, 0.1) is 11.8 Å². The third-order valence-corrected chi connectivity index (χ3v) is 4.68. The number of hydrogen-bond donors (Lipinski definition) is 1. The monoisotopic (exact) mass is 348 g/mol. The SMILES string of the molecule is CC(O)CN1CCN(c2cc(C(C)(C)C)nc(C(C)(C)C)n2)C(C)C1. The minimum atomic E-state index is -0.280. The summed E-state index contributed by atoms with van der Waals surface area (Å²) < 4.78 is 0. The number of piperazine rings is 1. The summed E-state index contributed by atoms with van der Waals surface area (Å²) in [6.07, 6.45) is -0.280. The molecule has 0 radical (unpaired) electrons. The van der Waals surface area contributed by atoms with Gasteiger partial charge in [0, 0.05) is 49.1 Å². The van der Waals surface area contributed by atoms with Crippen LogP contribution in [-0.4, -0.2) is 58.3 Å². The lowest BCUT2D eigenvalue weighted by Gasteiger charge is -2.41. The summed E-state index contributed by atoms with van der Waals surface area (Å²) in [6.45, 7) is 20.8. The molecule has 25 heavy (non-hydrogen) atoms. The Morgan fingerprint density at radius 1 is 1.12 bits per heavy atom. The second kappa shape index (κ2) is 7.20. The number of hydrogen-bond acceptors (Lipinski definition) is 5. The molecule has 1 fully saturated rings. The minimum absolute atomic E-state index is 0.00489. The van der Waals surface area contributed by atoms with Gasteiger partial charge in [0.2, 0.25) is 0 Å². The molecule has 0 amide bonds. The summed E-state index contributed by atoms with van der Waals surface area (Å²) in [5.41, 5.74) is 1.02. The van der Waals surface area contributed by atoms with E-state index in [1.54, 1.807) is 0 Å². The molecule has 5 nitrogen and oxygen atoms in total. The lowest BCUT2D eigenvalue weighted by molar-refractivity contribution is 0.114. The number of aliphatic hydroxyl groups is 1. The van der Waals surface area contributed by atoms with Crippen molar-refractivity contribution in [3.05, 3.63) is 17.6 Å². The molecular formula is C20H36N4O. The summed E-state index contributed by atoms with van der Waals surface area (Å²) >= 11 is 0. The Hall–Kier alpha value is -1.20. The van der Waals surface area contributed by atoms with Gasteiger partial charge >= 0.3 is 0 Å². The highest BCUT2D eigenvalue weighted by molar-refractivity contribution is 5.44. The van der Waals surface area contributed by atoms with Crippen molar-refractivity contribution in [3.8, 4) is 0 Å². The molecular weight excluding hydrogens is 312 g/mol.